The molecule has 0 aromatic heterocycles. The highest BCUT2D eigenvalue weighted by Gasteiger charge is 2.44. The number of halogens is 1. The number of carbonyl (C=O) groups excluding carboxylic acids is 1. The van der Waals surface area contributed by atoms with Gasteiger partial charge in [-0.1, -0.05) is 26.0 Å². The van der Waals surface area contributed by atoms with Crippen LogP contribution in [0.5, 0.6) is 0 Å². The molecule has 1 aliphatic carbocycles. The van der Waals surface area contributed by atoms with Gasteiger partial charge in [0.25, 0.3) is 0 Å². The lowest BCUT2D eigenvalue weighted by atomic mass is 10.0. The Labute approximate surface area is 119 Å². The third-order valence-corrected chi connectivity index (χ3v) is 4.00. The number of hydrogen-bond donors (Lipinski definition) is 2. The van der Waals surface area contributed by atoms with Crippen molar-refractivity contribution in [3.05, 3.63) is 35.6 Å². The number of aliphatic hydroxyl groups excluding tert-OH is 1. The summed E-state index contributed by atoms with van der Waals surface area (Å²) in [5.74, 6) is 0.289. The summed E-state index contributed by atoms with van der Waals surface area (Å²) in [4.78, 5) is 12.2. The van der Waals surface area contributed by atoms with Crippen LogP contribution in [0.2, 0.25) is 0 Å². The monoisotopic (exact) mass is 279 g/mol. The van der Waals surface area contributed by atoms with Crippen LogP contribution in [0.15, 0.2) is 24.3 Å². The van der Waals surface area contributed by atoms with E-state index in [2.05, 4.69) is 5.32 Å². The van der Waals surface area contributed by atoms with Crippen molar-refractivity contribution in [3.63, 3.8) is 0 Å². The molecule has 110 valence electrons. The Balaban J connectivity index is 1.90. The number of nitrogens with one attached hydrogen (secondary N) is 1. The lowest BCUT2D eigenvalue weighted by molar-refractivity contribution is -0.123. The van der Waals surface area contributed by atoms with Gasteiger partial charge in [-0.2, -0.15) is 0 Å². The molecule has 2 rings (SSSR count). The number of aliphatic hydroxyl groups is 1. The molecule has 3 nitrogen and oxygen atoms in total. The van der Waals surface area contributed by atoms with Gasteiger partial charge >= 0.3 is 0 Å². The molecule has 0 radical (unpaired) electrons. The molecular weight excluding hydrogens is 257 g/mol. The third kappa shape index (κ3) is 3.57. The van der Waals surface area contributed by atoms with Crippen molar-refractivity contribution in [2.24, 2.45) is 11.8 Å². The minimum atomic E-state index is -0.252. The van der Waals surface area contributed by atoms with Crippen LogP contribution in [0, 0.1) is 17.7 Å². The van der Waals surface area contributed by atoms with E-state index in [0.29, 0.717) is 12.3 Å². The first-order chi connectivity index (χ1) is 9.52. The highest BCUT2D eigenvalue weighted by atomic mass is 19.1. The van der Waals surface area contributed by atoms with Gasteiger partial charge in [0.15, 0.2) is 0 Å². The molecule has 1 aliphatic rings. The molecule has 0 bridgehead atoms. The molecule has 1 fully saturated rings. The van der Waals surface area contributed by atoms with Crippen LogP contribution in [0.3, 0.4) is 0 Å². The fourth-order valence-electron chi connectivity index (χ4n) is 2.56. The molecule has 1 saturated carbocycles. The van der Waals surface area contributed by atoms with E-state index in [1.165, 1.54) is 12.1 Å². The molecule has 1 aromatic rings. The minimum absolute atomic E-state index is 0.0135. The lowest BCUT2D eigenvalue weighted by Gasteiger charge is -2.21. The number of hydrogen-bond acceptors (Lipinski definition) is 2. The normalized spacial score (nSPS) is 22.6. The van der Waals surface area contributed by atoms with Crippen molar-refractivity contribution < 1.29 is 14.3 Å². The molecule has 2 N–H and O–H groups in total. The molecule has 0 aliphatic heterocycles. The average molecular weight is 279 g/mol. The van der Waals surface area contributed by atoms with E-state index in [-0.39, 0.29) is 36.2 Å². The summed E-state index contributed by atoms with van der Waals surface area (Å²) >= 11 is 0. The Bertz CT molecular complexity index is 458. The lowest BCUT2D eigenvalue weighted by Crippen LogP contribution is -2.40. The summed E-state index contributed by atoms with van der Waals surface area (Å²) in [5.41, 5.74) is 1.02. The predicted molar refractivity (Wildman–Crippen MR) is 75.7 cm³/mol. The van der Waals surface area contributed by atoms with Gasteiger partial charge in [0.05, 0.1) is 0 Å². The zero-order valence-electron chi connectivity index (χ0n) is 12.0. The average Bonchev–Trinajstić information content (AvgIpc) is 3.19. The minimum Gasteiger partial charge on any atom is -0.396 e. The summed E-state index contributed by atoms with van der Waals surface area (Å²) in [5, 5.41) is 12.0. The Morgan fingerprint density at radius 2 is 2.05 bits per heavy atom. The van der Waals surface area contributed by atoms with E-state index >= 15 is 0 Å². The first-order valence-electron chi connectivity index (χ1n) is 7.19. The SMILES string of the molecule is CC(C)C(CCO)NC(=O)C1CC1c1ccc(F)cc1. The highest BCUT2D eigenvalue weighted by molar-refractivity contribution is 5.83. The van der Waals surface area contributed by atoms with Crippen LogP contribution in [0.25, 0.3) is 0 Å². The summed E-state index contributed by atoms with van der Waals surface area (Å²) < 4.78 is 12.9. The molecule has 1 aromatic carbocycles. The van der Waals surface area contributed by atoms with Gasteiger partial charge in [0.1, 0.15) is 5.82 Å². The molecule has 0 spiro atoms. The quantitative estimate of drug-likeness (QED) is 0.840. The van der Waals surface area contributed by atoms with Gasteiger partial charge in [0.2, 0.25) is 5.91 Å². The molecule has 3 unspecified atom stereocenters. The van der Waals surface area contributed by atoms with Gasteiger partial charge in [-0.3, -0.25) is 4.79 Å². The summed E-state index contributed by atoms with van der Waals surface area (Å²) in [6.07, 6.45) is 1.40. The topological polar surface area (TPSA) is 49.3 Å². The predicted octanol–water partition coefficient (Wildman–Crippen LogP) is 2.45. The number of rotatable bonds is 6. The number of benzene rings is 1. The molecule has 1 amide bonds. The van der Waals surface area contributed by atoms with Gasteiger partial charge in [-0.15, -0.1) is 0 Å². The van der Waals surface area contributed by atoms with Crippen LogP contribution >= 0.6 is 0 Å². The molecule has 0 heterocycles. The van der Waals surface area contributed by atoms with E-state index in [9.17, 15) is 9.18 Å². The smallest absolute Gasteiger partial charge is 0.223 e. The van der Waals surface area contributed by atoms with Gasteiger partial charge < -0.3 is 10.4 Å². The fraction of sp³-hybridized carbons (Fsp3) is 0.562. The zero-order valence-corrected chi connectivity index (χ0v) is 12.0. The summed E-state index contributed by atoms with van der Waals surface area (Å²) in [7, 11) is 0. The molecule has 4 heteroatoms. The summed E-state index contributed by atoms with van der Waals surface area (Å²) in [6, 6.07) is 6.39. The number of amides is 1. The van der Waals surface area contributed by atoms with Crippen LogP contribution in [0.1, 0.15) is 38.2 Å². The van der Waals surface area contributed by atoms with Crippen molar-refractivity contribution in [1.82, 2.24) is 5.32 Å². The second kappa shape index (κ2) is 6.35. The fourth-order valence-corrected chi connectivity index (χ4v) is 2.56. The third-order valence-electron chi connectivity index (χ3n) is 4.00. The van der Waals surface area contributed by atoms with E-state index in [1.54, 1.807) is 12.1 Å². The molecular formula is C16H22FNO2. The first kappa shape index (κ1) is 15.0. The van der Waals surface area contributed by atoms with Crippen LogP contribution in [0.4, 0.5) is 4.39 Å². The van der Waals surface area contributed by atoms with Gasteiger partial charge in [0, 0.05) is 18.6 Å². The second-order valence-corrected chi connectivity index (χ2v) is 5.87. The number of carbonyl (C=O) groups is 1. The van der Waals surface area contributed by atoms with E-state index in [4.69, 9.17) is 5.11 Å². The van der Waals surface area contributed by atoms with Crippen molar-refractivity contribution >= 4 is 5.91 Å². The van der Waals surface area contributed by atoms with Crippen molar-refractivity contribution in [3.8, 4) is 0 Å². The Kier molecular flexibility index (Phi) is 4.76. The van der Waals surface area contributed by atoms with E-state index in [0.717, 1.165) is 12.0 Å². The Morgan fingerprint density at radius 1 is 1.40 bits per heavy atom. The summed E-state index contributed by atoms with van der Waals surface area (Å²) in [6.45, 7) is 4.14. The van der Waals surface area contributed by atoms with Gasteiger partial charge in [-0.25, -0.2) is 4.39 Å². The first-order valence-corrected chi connectivity index (χ1v) is 7.19. The van der Waals surface area contributed by atoms with Crippen LogP contribution in [-0.2, 0) is 4.79 Å². The molecule has 3 atom stereocenters. The van der Waals surface area contributed by atoms with E-state index < -0.39 is 0 Å². The standard InChI is InChI=1S/C16H22FNO2/c1-10(2)15(7-8-19)18-16(20)14-9-13(14)11-3-5-12(17)6-4-11/h3-6,10,13-15,19H,7-9H2,1-2H3,(H,18,20). The van der Waals surface area contributed by atoms with Crippen LogP contribution in [-0.4, -0.2) is 23.7 Å². The second-order valence-electron chi connectivity index (χ2n) is 5.87. The van der Waals surface area contributed by atoms with Crippen molar-refractivity contribution in [1.29, 1.82) is 0 Å². The Hall–Kier alpha value is -1.42. The largest absolute Gasteiger partial charge is 0.396 e. The van der Waals surface area contributed by atoms with Gasteiger partial charge in [-0.05, 0) is 42.4 Å². The van der Waals surface area contributed by atoms with E-state index in [1.807, 2.05) is 13.8 Å². The zero-order chi connectivity index (χ0) is 14.7. The van der Waals surface area contributed by atoms with Crippen molar-refractivity contribution in [2.75, 3.05) is 6.61 Å². The maximum atomic E-state index is 12.9. The molecule has 20 heavy (non-hydrogen) atoms. The maximum absolute atomic E-state index is 12.9. The van der Waals surface area contributed by atoms with Crippen LogP contribution < -0.4 is 5.32 Å². The highest BCUT2D eigenvalue weighted by Crippen LogP contribution is 2.47. The Morgan fingerprint density at radius 3 is 2.60 bits per heavy atom. The maximum Gasteiger partial charge on any atom is 0.223 e. The van der Waals surface area contributed by atoms with Crippen molar-refractivity contribution in [2.45, 2.75) is 38.6 Å². The molecule has 0 saturated heterocycles.